The first-order valence-electron chi connectivity index (χ1n) is 7.35. The lowest BCUT2D eigenvalue weighted by atomic mass is 10.2. The number of halogens is 3. The molecule has 2 atom stereocenters. The predicted octanol–water partition coefficient (Wildman–Crippen LogP) is 0.224. The lowest BCUT2D eigenvalue weighted by molar-refractivity contribution is -0.885. The van der Waals surface area contributed by atoms with E-state index in [1.54, 1.807) is 14.0 Å². The number of rotatable bonds is 6. The molecular weight excluding hydrogens is 311 g/mol. The van der Waals surface area contributed by atoms with Crippen LogP contribution in [0, 0.1) is 17.5 Å². The van der Waals surface area contributed by atoms with E-state index in [0.29, 0.717) is 4.90 Å². The lowest BCUT2D eigenvalue weighted by Gasteiger charge is -2.20. The van der Waals surface area contributed by atoms with Gasteiger partial charge in [0.1, 0.15) is 0 Å². The molecule has 0 heterocycles. The van der Waals surface area contributed by atoms with E-state index in [1.165, 1.54) is 0 Å². The Morgan fingerprint density at radius 1 is 1.26 bits per heavy atom. The molecule has 2 amide bonds. The maximum absolute atomic E-state index is 13.5. The smallest absolute Gasteiger partial charge is 0.282 e. The molecule has 2 rings (SSSR count). The van der Waals surface area contributed by atoms with Crippen molar-refractivity contribution in [1.82, 2.24) is 5.32 Å². The lowest BCUT2D eigenvalue weighted by Crippen LogP contribution is -3.15. The fraction of sp³-hybridized carbons (Fsp3) is 0.467. The summed E-state index contributed by atoms with van der Waals surface area (Å²) < 4.78 is 39.5. The molecule has 8 heteroatoms. The Balaban J connectivity index is 1.93. The highest BCUT2D eigenvalue weighted by Crippen LogP contribution is 2.19. The van der Waals surface area contributed by atoms with Crippen LogP contribution in [0.3, 0.4) is 0 Å². The molecule has 1 aromatic rings. The maximum atomic E-state index is 13.5. The summed E-state index contributed by atoms with van der Waals surface area (Å²) in [5.74, 6) is -5.17. The second kappa shape index (κ2) is 6.99. The highest BCUT2D eigenvalue weighted by molar-refractivity contribution is 5.93. The largest absolute Gasteiger partial charge is 0.348 e. The highest BCUT2D eigenvalue weighted by atomic mass is 19.2. The zero-order valence-electron chi connectivity index (χ0n) is 12.9. The van der Waals surface area contributed by atoms with E-state index in [9.17, 15) is 22.8 Å². The van der Waals surface area contributed by atoms with Crippen molar-refractivity contribution in [1.29, 1.82) is 0 Å². The molecule has 1 unspecified atom stereocenters. The first-order valence-corrected chi connectivity index (χ1v) is 7.35. The van der Waals surface area contributed by atoms with Crippen molar-refractivity contribution in [3.05, 3.63) is 29.6 Å². The number of hydrogen-bond donors (Lipinski definition) is 3. The number of quaternary nitrogens is 1. The molecule has 1 aliphatic rings. The number of likely N-dealkylation sites (N-methyl/N-ethyl adjacent to an activating group) is 1. The van der Waals surface area contributed by atoms with Gasteiger partial charge in [-0.3, -0.25) is 9.59 Å². The summed E-state index contributed by atoms with van der Waals surface area (Å²) >= 11 is 0. The molecule has 0 bridgehead atoms. The molecular formula is C15H19F3N3O2+. The average molecular weight is 330 g/mol. The van der Waals surface area contributed by atoms with Gasteiger partial charge >= 0.3 is 0 Å². The van der Waals surface area contributed by atoms with Gasteiger partial charge in [-0.15, -0.1) is 0 Å². The summed E-state index contributed by atoms with van der Waals surface area (Å²) in [6, 6.07) is 1.24. The number of hydrogen-bond acceptors (Lipinski definition) is 2. The van der Waals surface area contributed by atoms with Crippen LogP contribution >= 0.6 is 0 Å². The third-order valence-electron chi connectivity index (χ3n) is 3.81. The van der Waals surface area contributed by atoms with Crippen LogP contribution in [0.2, 0.25) is 0 Å². The number of carbonyl (C=O) groups is 2. The molecule has 1 aliphatic carbocycles. The Kier molecular flexibility index (Phi) is 5.25. The minimum Gasteiger partial charge on any atom is -0.348 e. The molecule has 5 nitrogen and oxygen atoms in total. The first kappa shape index (κ1) is 17.3. The van der Waals surface area contributed by atoms with Gasteiger partial charge < -0.3 is 15.5 Å². The predicted molar refractivity (Wildman–Crippen MR) is 77.3 cm³/mol. The van der Waals surface area contributed by atoms with Gasteiger partial charge in [0.2, 0.25) is 0 Å². The molecule has 1 aromatic carbocycles. The van der Waals surface area contributed by atoms with Crippen molar-refractivity contribution in [2.24, 2.45) is 0 Å². The zero-order valence-corrected chi connectivity index (χ0v) is 12.9. The van der Waals surface area contributed by atoms with Crippen LogP contribution in [0.25, 0.3) is 0 Å². The van der Waals surface area contributed by atoms with Crippen LogP contribution in [0.4, 0.5) is 18.9 Å². The molecule has 0 radical (unpaired) electrons. The molecule has 23 heavy (non-hydrogen) atoms. The minimum atomic E-state index is -1.64. The minimum absolute atomic E-state index is 0.0886. The van der Waals surface area contributed by atoms with E-state index in [0.717, 1.165) is 25.0 Å². The van der Waals surface area contributed by atoms with E-state index in [2.05, 4.69) is 10.6 Å². The van der Waals surface area contributed by atoms with Gasteiger partial charge in [0, 0.05) is 6.04 Å². The molecule has 0 aromatic heterocycles. The van der Waals surface area contributed by atoms with Crippen molar-refractivity contribution in [2.45, 2.75) is 31.8 Å². The van der Waals surface area contributed by atoms with Crippen LogP contribution < -0.4 is 15.5 Å². The molecule has 1 fully saturated rings. The molecule has 0 aliphatic heterocycles. The van der Waals surface area contributed by atoms with E-state index >= 15 is 0 Å². The maximum Gasteiger partial charge on any atom is 0.282 e. The van der Waals surface area contributed by atoms with Crippen LogP contribution in [0.15, 0.2) is 12.1 Å². The van der Waals surface area contributed by atoms with E-state index < -0.39 is 35.1 Å². The summed E-state index contributed by atoms with van der Waals surface area (Å²) in [4.78, 5) is 24.4. The molecule has 3 N–H and O–H groups in total. The summed E-state index contributed by atoms with van der Waals surface area (Å²) in [6.45, 7) is 1.65. The number of carbonyl (C=O) groups excluding carboxylic acids is 2. The number of benzene rings is 1. The number of nitrogens with one attached hydrogen (secondary N) is 3. The SMILES string of the molecule is C[C@H](C(=O)Nc1ccc(F)c(F)c1F)[NH+](C)CC(=O)NC1CC1. The zero-order chi connectivity index (χ0) is 17.1. The quantitative estimate of drug-likeness (QED) is 0.654. The summed E-state index contributed by atoms with van der Waals surface area (Å²) in [7, 11) is 1.65. The molecule has 0 saturated heterocycles. The van der Waals surface area contributed by atoms with Gasteiger partial charge in [0.25, 0.3) is 11.8 Å². The van der Waals surface area contributed by atoms with Crippen LogP contribution in [0.1, 0.15) is 19.8 Å². The number of anilines is 1. The monoisotopic (exact) mass is 330 g/mol. The highest BCUT2D eigenvalue weighted by Gasteiger charge is 2.28. The van der Waals surface area contributed by atoms with Gasteiger partial charge in [0.15, 0.2) is 30.0 Å². The Hall–Kier alpha value is -2.09. The van der Waals surface area contributed by atoms with Crippen LogP contribution in [-0.4, -0.2) is 37.5 Å². The van der Waals surface area contributed by atoms with Gasteiger partial charge in [-0.05, 0) is 31.9 Å². The normalized spacial score (nSPS) is 16.6. The van der Waals surface area contributed by atoms with Gasteiger partial charge in [-0.2, -0.15) is 0 Å². The Morgan fingerprint density at radius 3 is 2.52 bits per heavy atom. The van der Waals surface area contributed by atoms with Crippen molar-refractivity contribution in [2.75, 3.05) is 18.9 Å². The summed E-state index contributed by atoms with van der Waals surface area (Å²) in [6.07, 6.45) is 1.94. The summed E-state index contributed by atoms with van der Waals surface area (Å²) in [5.41, 5.74) is -0.434. The van der Waals surface area contributed by atoms with Gasteiger partial charge in [0.05, 0.1) is 12.7 Å². The van der Waals surface area contributed by atoms with Crippen molar-refractivity contribution >= 4 is 17.5 Å². The Morgan fingerprint density at radius 2 is 1.91 bits per heavy atom. The Labute approximate surface area is 131 Å². The Bertz CT molecular complexity index is 620. The molecule has 1 saturated carbocycles. The van der Waals surface area contributed by atoms with Gasteiger partial charge in [-0.1, -0.05) is 0 Å². The van der Waals surface area contributed by atoms with Gasteiger partial charge in [-0.25, -0.2) is 13.2 Å². The van der Waals surface area contributed by atoms with Crippen molar-refractivity contribution in [3.8, 4) is 0 Å². The number of amides is 2. The third kappa shape index (κ3) is 4.44. The second-order valence-corrected chi connectivity index (χ2v) is 5.80. The van der Waals surface area contributed by atoms with Crippen LogP contribution in [0.5, 0.6) is 0 Å². The van der Waals surface area contributed by atoms with E-state index in [1.807, 2.05) is 0 Å². The standard InChI is InChI=1S/C15H18F3N3O2/c1-8(21(2)7-12(22)19-9-3-4-9)15(23)20-11-6-5-10(16)13(17)14(11)18/h5-6,8-9H,3-4,7H2,1-2H3,(H,19,22)(H,20,23)/p+1/t8-/m1/s1. The summed E-state index contributed by atoms with van der Waals surface area (Å²) in [5, 5.41) is 5.02. The van der Waals surface area contributed by atoms with Crippen LogP contribution in [-0.2, 0) is 9.59 Å². The fourth-order valence-corrected chi connectivity index (χ4v) is 2.00. The topological polar surface area (TPSA) is 62.6 Å². The molecule has 126 valence electrons. The van der Waals surface area contributed by atoms with E-state index in [-0.39, 0.29) is 18.5 Å². The molecule has 0 spiro atoms. The second-order valence-electron chi connectivity index (χ2n) is 5.80. The van der Waals surface area contributed by atoms with E-state index in [4.69, 9.17) is 0 Å². The average Bonchev–Trinajstić information content (AvgIpc) is 3.30. The third-order valence-corrected chi connectivity index (χ3v) is 3.81. The van der Waals surface area contributed by atoms with Crippen molar-refractivity contribution < 1.29 is 27.7 Å². The first-order chi connectivity index (χ1) is 10.8. The van der Waals surface area contributed by atoms with Crippen molar-refractivity contribution in [3.63, 3.8) is 0 Å². The fourth-order valence-electron chi connectivity index (χ4n) is 2.00.